The fraction of sp³-hybridized carbons (Fsp3) is 0.895. The second-order valence-corrected chi connectivity index (χ2v) is 9.36. The molecule has 0 saturated carbocycles. The first-order valence-corrected chi connectivity index (χ1v) is 9.41. The van der Waals surface area contributed by atoms with E-state index >= 15 is 0 Å². The Morgan fingerprint density at radius 1 is 1.19 bits per heavy atom. The van der Waals surface area contributed by atoms with Gasteiger partial charge in [0.15, 0.2) is 0 Å². The molecule has 0 spiro atoms. The molecule has 8 nitrogen and oxygen atoms in total. The zero-order chi connectivity index (χ0) is 21.0. The van der Waals surface area contributed by atoms with Crippen LogP contribution in [0.25, 0.3) is 0 Å². The summed E-state index contributed by atoms with van der Waals surface area (Å²) in [6.45, 7) is 14.6. The smallest absolute Gasteiger partial charge is 0.412 e. The molecule has 0 aromatic heterocycles. The lowest BCUT2D eigenvalue weighted by Gasteiger charge is -2.35. The summed E-state index contributed by atoms with van der Waals surface area (Å²) in [4.78, 5) is 26.1. The summed E-state index contributed by atoms with van der Waals surface area (Å²) in [6.07, 6.45) is 0.00671. The van der Waals surface area contributed by atoms with E-state index in [1.807, 2.05) is 34.6 Å². The lowest BCUT2D eigenvalue weighted by Crippen LogP contribution is -2.50. The maximum absolute atomic E-state index is 12.6. The Labute approximate surface area is 162 Å². The zero-order valence-corrected chi connectivity index (χ0v) is 17.9. The summed E-state index contributed by atoms with van der Waals surface area (Å²) in [6, 6.07) is -0.673. The fourth-order valence-corrected chi connectivity index (χ4v) is 2.85. The molecule has 1 rings (SSSR count). The van der Waals surface area contributed by atoms with Gasteiger partial charge in [0.2, 0.25) is 0 Å². The number of aliphatic hydroxyl groups excluding tert-OH is 1. The summed E-state index contributed by atoms with van der Waals surface area (Å²) in [5.74, 6) is 0. The van der Waals surface area contributed by atoms with Crippen molar-refractivity contribution in [2.45, 2.75) is 97.2 Å². The average Bonchev–Trinajstić information content (AvgIpc) is 2.74. The Bertz CT molecular complexity index is 521. The van der Waals surface area contributed by atoms with Gasteiger partial charge in [0.25, 0.3) is 0 Å². The molecule has 2 atom stereocenters. The lowest BCUT2D eigenvalue weighted by atomic mass is 10.1. The van der Waals surface area contributed by atoms with E-state index in [-0.39, 0.29) is 12.6 Å². The normalized spacial score (nSPS) is 20.9. The molecule has 0 aromatic carbocycles. The molecule has 1 aliphatic rings. The number of hydrogen-bond acceptors (Lipinski definition) is 6. The van der Waals surface area contributed by atoms with E-state index < -0.39 is 35.2 Å². The Morgan fingerprint density at radius 2 is 1.74 bits per heavy atom. The number of alkyl carbamates (subject to hydrolysis) is 1. The average molecular weight is 389 g/mol. The van der Waals surface area contributed by atoms with Crippen LogP contribution in [-0.4, -0.2) is 64.4 Å². The highest BCUT2D eigenvalue weighted by Gasteiger charge is 2.45. The maximum Gasteiger partial charge on any atom is 0.412 e. The van der Waals surface area contributed by atoms with Crippen molar-refractivity contribution >= 4 is 12.2 Å². The molecule has 27 heavy (non-hydrogen) atoms. The van der Waals surface area contributed by atoms with Crippen LogP contribution in [0.3, 0.4) is 0 Å². The largest absolute Gasteiger partial charge is 0.444 e. The molecular weight excluding hydrogens is 352 g/mol. The monoisotopic (exact) mass is 388 g/mol. The standard InChI is InChI=1S/C19H36N2O6/c1-17(2,3)26-15(23)20-13(11-22)9-10-14-12-25-19(7,8)21(14)16(24)27-18(4,5)6/h13-14,22H,9-12H2,1-8H3,(H,20,23)/t13-,14+/m0/s1. The van der Waals surface area contributed by atoms with E-state index in [1.165, 1.54) is 0 Å². The van der Waals surface area contributed by atoms with Gasteiger partial charge in [-0.1, -0.05) is 0 Å². The minimum atomic E-state index is -0.777. The van der Waals surface area contributed by atoms with Crippen LogP contribution in [-0.2, 0) is 14.2 Å². The van der Waals surface area contributed by atoms with Gasteiger partial charge in [-0.3, -0.25) is 4.90 Å². The van der Waals surface area contributed by atoms with E-state index in [9.17, 15) is 14.7 Å². The molecule has 1 aliphatic heterocycles. The number of nitrogens with zero attached hydrogens (tertiary/aromatic N) is 1. The molecule has 2 N–H and O–H groups in total. The summed E-state index contributed by atoms with van der Waals surface area (Å²) in [7, 11) is 0. The van der Waals surface area contributed by atoms with Crippen LogP contribution in [0.1, 0.15) is 68.2 Å². The number of rotatable bonds is 5. The van der Waals surface area contributed by atoms with Crippen molar-refractivity contribution in [3.63, 3.8) is 0 Å². The van der Waals surface area contributed by atoms with Gasteiger partial charge in [0.1, 0.15) is 16.9 Å². The van der Waals surface area contributed by atoms with Crippen molar-refractivity contribution in [1.82, 2.24) is 10.2 Å². The predicted molar refractivity (Wildman–Crippen MR) is 101 cm³/mol. The number of amides is 2. The third-order valence-electron chi connectivity index (χ3n) is 3.95. The number of carbonyl (C=O) groups is 2. The Balaban J connectivity index is 2.69. The molecule has 0 bridgehead atoms. The van der Waals surface area contributed by atoms with Gasteiger partial charge < -0.3 is 24.6 Å². The van der Waals surface area contributed by atoms with Gasteiger partial charge in [0, 0.05) is 0 Å². The second-order valence-electron chi connectivity index (χ2n) is 9.36. The number of ether oxygens (including phenoxy) is 3. The van der Waals surface area contributed by atoms with E-state index in [4.69, 9.17) is 14.2 Å². The van der Waals surface area contributed by atoms with E-state index in [2.05, 4.69) is 5.32 Å². The molecule has 0 aromatic rings. The van der Waals surface area contributed by atoms with Crippen molar-refractivity contribution in [3.05, 3.63) is 0 Å². The van der Waals surface area contributed by atoms with Gasteiger partial charge >= 0.3 is 12.2 Å². The van der Waals surface area contributed by atoms with Crippen LogP contribution >= 0.6 is 0 Å². The Kier molecular flexibility index (Phi) is 7.52. The van der Waals surface area contributed by atoms with Crippen LogP contribution in [0.5, 0.6) is 0 Å². The van der Waals surface area contributed by atoms with Crippen LogP contribution < -0.4 is 5.32 Å². The maximum atomic E-state index is 12.6. The highest BCUT2D eigenvalue weighted by Crippen LogP contribution is 2.31. The minimum Gasteiger partial charge on any atom is -0.444 e. The first-order chi connectivity index (χ1) is 12.1. The third-order valence-corrected chi connectivity index (χ3v) is 3.95. The summed E-state index contributed by atoms with van der Waals surface area (Å²) in [5, 5.41) is 12.2. The van der Waals surface area contributed by atoms with Gasteiger partial charge in [0.05, 0.1) is 25.3 Å². The highest BCUT2D eigenvalue weighted by molar-refractivity contribution is 5.70. The lowest BCUT2D eigenvalue weighted by molar-refractivity contribution is -0.0628. The van der Waals surface area contributed by atoms with Crippen molar-refractivity contribution in [1.29, 1.82) is 0 Å². The molecule has 0 aliphatic carbocycles. The van der Waals surface area contributed by atoms with E-state index in [1.54, 1.807) is 25.7 Å². The SMILES string of the molecule is CC(C)(C)OC(=O)N[C@H](CO)CC[C@@H]1COC(C)(C)N1C(=O)OC(C)(C)C. The Hall–Kier alpha value is -1.54. The third kappa shape index (κ3) is 7.92. The molecule has 2 amide bonds. The van der Waals surface area contributed by atoms with Crippen LogP contribution in [0.4, 0.5) is 9.59 Å². The minimum absolute atomic E-state index is 0.204. The number of nitrogens with one attached hydrogen (secondary N) is 1. The van der Waals surface area contributed by atoms with Crippen LogP contribution in [0.2, 0.25) is 0 Å². The molecule has 158 valence electrons. The number of aliphatic hydroxyl groups is 1. The van der Waals surface area contributed by atoms with Gasteiger partial charge in [-0.05, 0) is 68.2 Å². The Morgan fingerprint density at radius 3 is 2.22 bits per heavy atom. The highest BCUT2D eigenvalue weighted by atomic mass is 16.6. The molecule has 0 radical (unpaired) electrons. The first kappa shape index (κ1) is 23.5. The molecule has 1 heterocycles. The van der Waals surface area contributed by atoms with E-state index in [0.29, 0.717) is 19.4 Å². The fourth-order valence-electron chi connectivity index (χ4n) is 2.85. The van der Waals surface area contributed by atoms with Crippen molar-refractivity contribution in [2.75, 3.05) is 13.2 Å². The number of hydrogen-bond donors (Lipinski definition) is 2. The molecule has 1 saturated heterocycles. The van der Waals surface area contributed by atoms with Crippen molar-refractivity contribution in [2.24, 2.45) is 0 Å². The summed E-state index contributed by atoms with van der Waals surface area (Å²) >= 11 is 0. The molecule has 0 unspecified atom stereocenters. The number of carbonyl (C=O) groups excluding carboxylic acids is 2. The van der Waals surface area contributed by atoms with E-state index in [0.717, 1.165) is 0 Å². The van der Waals surface area contributed by atoms with Gasteiger partial charge in [-0.2, -0.15) is 0 Å². The van der Waals surface area contributed by atoms with Crippen LogP contribution in [0.15, 0.2) is 0 Å². The zero-order valence-electron chi connectivity index (χ0n) is 17.9. The van der Waals surface area contributed by atoms with Crippen LogP contribution in [0, 0.1) is 0 Å². The molecule has 1 fully saturated rings. The summed E-state index contributed by atoms with van der Waals surface area (Å²) < 4.78 is 16.5. The van der Waals surface area contributed by atoms with Crippen molar-refractivity contribution < 1.29 is 28.9 Å². The van der Waals surface area contributed by atoms with Gasteiger partial charge in [-0.15, -0.1) is 0 Å². The predicted octanol–water partition coefficient (Wildman–Crippen LogP) is 3.02. The second kappa shape index (κ2) is 8.65. The quantitative estimate of drug-likeness (QED) is 0.751. The molecule has 8 heteroatoms. The molecular formula is C19H36N2O6. The topological polar surface area (TPSA) is 97.3 Å². The first-order valence-electron chi connectivity index (χ1n) is 9.41. The van der Waals surface area contributed by atoms with Gasteiger partial charge in [-0.25, -0.2) is 9.59 Å². The summed E-state index contributed by atoms with van der Waals surface area (Å²) in [5.41, 5.74) is -1.99. The van der Waals surface area contributed by atoms with Crippen molar-refractivity contribution in [3.8, 4) is 0 Å².